The maximum atomic E-state index is 12.5. The molecule has 3 rings (SSSR count). The van der Waals surface area contributed by atoms with E-state index in [1.54, 1.807) is 11.3 Å². The van der Waals surface area contributed by atoms with E-state index in [9.17, 15) is 4.79 Å². The molecule has 0 spiro atoms. The number of carbonyl (C=O) groups excluding carboxylic acids is 1. The molecule has 3 heterocycles. The lowest BCUT2D eigenvalue weighted by Crippen LogP contribution is -2.50. The zero-order valence-electron chi connectivity index (χ0n) is 10.1. The molecule has 0 aliphatic carbocycles. The Morgan fingerprint density at radius 3 is 2.59 bits per heavy atom. The lowest BCUT2D eigenvalue weighted by Gasteiger charge is -2.37. The second-order valence-electron chi connectivity index (χ2n) is 5.26. The van der Waals surface area contributed by atoms with Crippen LogP contribution in [0.5, 0.6) is 0 Å². The Labute approximate surface area is 106 Å². The van der Waals surface area contributed by atoms with Crippen molar-refractivity contribution in [2.24, 2.45) is 5.73 Å². The fourth-order valence-corrected chi connectivity index (χ4v) is 4.13. The molecule has 17 heavy (non-hydrogen) atoms. The predicted molar refractivity (Wildman–Crippen MR) is 69.2 cm³/mol. The normalized spacial score (nSPS) is 31.9. The maximum absolute atomic E-state index is 12.5. The van der Waals surface area contributed by atoms with Crippen molar-refractivity contribution in [1.29, 1.82) is 0 Å². The molecule has 2 N–H and O–H groups in total. The molecule has 3 nitrogen and oxygen atoms in total. The van der Waals surface area contributed by atoms with Crippen molar-refractivity contribution in [2.75, 3.05) is 0 Å². The van der Waals surface area contributed by atoms with Crippen LogP contribution in [-0.2, 0) is 0 Å². The molecule has 2 saturated heterocycles. The van der Waals surface area contributed by atoms with Crippen molar-refractivity contribution in [3.8, 4) is 0 Å². The van der Waals surface area contributed by atoms with Crippen LogP contribution in [0.25, 0.3) is 0 Å². The standard InChI is InChI=1S/C13H18N2OS/c1-8-4-5-17-12(8)13(16)15-10-2-3-11(15)7-9(14)6-10/h4-5,9-11H,2-3,6-7,14H2,1H3. The van der Waals surface area contributed by atoms with Gasteiger partial charge in [0.2, 0.25) is 0 Å². The molecule has 1 aromatic rings. The van der Waals surface area contributed by atoms with Crippen molar-refractivity contribution in [2.45, 2.75) is 50.7 Å². The highest BCUT2D eigenvalue weighted by atomic mass is 32.1. The van der Waals surface area contributed by atoms with Gasteiger partial charge in [-0.25, -0.2) is 0 Å². The highest BCUT2D eigenvalue weighted by molar-refractivity contribution is 7.12. The summed E-state index contributed by atoms with van der Waals surface area (Å²) < 4.78 is 0. The Morgan fingerprint density at radius 1 is 1.41 bits per heavy atom. The molecule has 0 saturated carbocycles. The number of rotatable bonds is 1. The number of nitrogens with two attached hydrogens (primary N) is 1. The minimum Gasteiger partial charge on any atom is -0.332 e. The summed E-state index contributed by atoms with van der Waals surface area (Å²) in [5.41, 5.74) is 7.14. The van der Waals surface area contributed by atoms with Crippen LogP contribution >= 0.6 is 11.3 Å². The van der Waals surface area contributed by atoms with Gasteiger partial charge in [-0.3, -0.25) is 4.79 Å². The summed E-state index contributed by atoms with van der Waals surface area (Å²) in [6.07, 6.45) is 4.22. The summed E-state index contributed by atoms with van der Waals surface area (Å²) in [5.74, 6) is 0.233. The van der Waals surface area contributed by atoms with Crippen molar-refractivity contribution in [3.05, 3.63) is 21.9 Å². The van der Waals surface area contributed by atoms with Gasteiger partial charge in [-0.1, -0.05) is 0 Å². The third kappa shape index (κ3) is 1.79. The van der Waals surface area contributed by atoms with Crippen LogP contribution in [-0.4, -0.2) is 28.9 Å². The van der Waals surface area contributed by atoms with Crippen LogP contribution in [0.4, 0.5) is 0 Å². The molecule has 0 radical (unpaired) electrons. The minimum absolute atomic E-state index is 0.233. The molecule has 2 aliphatic rings. The molecule has 1 aromatic heterocycles. The van der Waals surface area contributed by atoms with E-state index in [1.807, 2.05) is 18.4 Å². The minimum atomic E-state index is 0.233. The number of hydrogen-bond donors (Lipinski definition) is 1. The SMILES string of the molecule is Cc1ccsc1C(=O)N1C2CCC1CC(N)C2. The third-order valence-corrected chi connectivity index (χ3v) is 5.06. The number of aryl methyl sites for hydroxylation is 1. The lowest BCUT2D eigenvalue weighted by atomic mass is 9.98. The number of thiophene rings is 1. The molecule has 0 aromatic carbocycles. The summed E-state index contributed by atoms with van der Waals surface area (Å²) in [6, 6.07) is 3.09. The first-order valence-electron chi connectivity index (χ1n) is 6.29. The van der Waals surface area contributed by atoms with Gasteiger partial charge in [0.05, 0.1) is 4.88 Å². The van der Waals surface area contributed by atoms with Crippen molar-refractivity contribution >= 4 is 17.2 Å². The van der Waals surface area contributed by atoms with Gasteiger partial charge in [-0.15, -0.1) is 11.3 Å². The van der Waals surface area contributed by atoms with Gasteiger partial charge >= 0.3 is 0 Å². The zero-order chi connectivity index (χ0) is 12.0. The van der Waals surface area contributed by atoms with E-state index in [2.05, 4.69) is 4.90 Å². The molecular formula is C13H18N2OS. The number of fused-ring (bicyclic) bond motifs is 2. The molecule has 2 unspecified atom stereocenters. The van der Waals surface area contributed by atoms with Crippen molar-refractivity contribution in [3.63, 3.8) is 0 Å². The van der Waals surface area contributed by atoms with E-state index in [4.69, 9.17) is 5.73 Å². The van der Waals surface area contributed by atoms with E-state index in [0.717, 1.165) is 36.1 Å². The largest absolute Gasteiger partial charge is 0.332 e. The predicted octanol–water partition coefficient (Wildman–Crippen LogP) is 2.15. The average Bonchev–Trinajstić information content (AvgIpc) is 2.81. The fraction of sp³-hybridized carbons (Fsp3) is 0.615. The van der Waals surface area contributed by atoms with Crippen LogP contribution in [0.2, 0.25) is 0 Å². The van der Waals surface area contributed by atoms with Gasteiger partial charge in [0, 0.05) is 18.1 Å². The zero-order valence-corrected chi connectivity index (χ0v) is 10.9. The number of hydrogen-bond acceptors (Lipinski definition) is 3. The number of amides is 1. The van der Waals surface area contributed by atoms with Crippen LogP contribution in [0.15, 0.2) is 11.4 Å². The van der Waals surface area contributed by atoms with E-state index < -0.39 is 0 Å². The smallest absolute Gasteiger partial charge is 0.264 e. The van der Waals surface area contributed by atoms with Gasteiger partial charge in [-0.05, 0) is 49.6 Å². The summed E-state index contributed by atoms with van der Waals surface area (Å²) in [5, 5.41) is 2.00. The van der Waals surface area contributed by atoms with Crippen LogP contribution in [0.1, 0.15) is 40.9 Å². The Bertz CT molecular complexity index is 428. The Morgan fingerprint density at radius 2 is 2.06 bits per heavy atom. The molecule has 2 aliphatic heterocycles. The van der Waals surface area contributed by atoms with Crippen molar-refractivity contribution in [1.82, 2.24) is 4.90 Å². The van der Waals surface area contributed by atoms with Gasteiger partial charge in [0.15, 0.2) is 0 Å². The quantitative estimate of drug-likeness (QED) is 0.830. The molecule has 1 amide bonds. The maximum Gasteiger partial charge on any atom is 0.264 e. The summed E-state index contributed by atoms with van der Waals surface area (Å²) in [6.45, 7) is 2.02. The summed E-state index contributed by atoms with van der Waals surface area (Å²) in [4.78, 5) is 15.6. The second kappa shape index (κ2) is 4.10. The molecule has 92 valence electrons. The third-order valence-electron chi connectivity index (χ3n) is 4.06. The fourth-order valence-electron chi connectivity index (χ4n) is 3.26. The Balaban J connectivity index is 1.86. The number of carbonyl (C=O) groups is 1. The molecular weight excluding hydrogens is 232 g/mol. The molecule has 2 atom stereocenters. The summed E-state index contributed by atoms with van der Waals surface area (Å²) in [7, 11) is 0. The van der Waals surface area contributed by atoms with E-state index in [-0.39, 0.29) is 5.91 Å². The second-order valence-corrected chi connectivity index (χ2v) is 6.18. The highest BCUT2D eigenvalue weighted by Crippen LogP contribution is 2.37. The number of nitrogens with zero attached hydrogens (tertiary/aromatic N) is 1. The first kappa shape index (κ1) is 11.2. The Hall–Kier alpha value is -0.870. The highest BCUT2D eigenvalue weighted by Gasteiger charge is 2.42. The van der Waals surface area contributed by atoms with Gasteiger partial charge < -0.3 is 10.6 Å². The van der Waals surface area contributed by atoms with E-state index in [0.29, 0.717) is 18.1 Å². The van der Waals surface area contributed by atoms with Crippen molar-refractivity contribution < 1.29 is 4.79 Å². The average molecular weight is 250 g/mol. The molecule has 4 heteroatoms. The Kier molecular flexibility index (Phi) is 2.71. The van der Waals surface area contributed by atoms with Crippen LogP contribution in [0, 0.1) is 6.92 Å². The monoisotopic (exact) mass is 250 g/mol. The van der Waals surface area contributed by atoms with Gasteiger partial charge in [0.1, 0.15) is 0 Å². The van der Waals surface area contributed by atoms with E-state index >= 15 is 0 Å². The van der Waals surface area contributed by atoms with Gasteiger partial charge in [-0.2, -0.15) is 0 Å². The van der Waals surface area contributed by atoms with E-state index in [1.165, 1.54) is 0 Å². The first-order valence-corrected chi connectivity index (χ1v) is 7.17. The summed E-state index contributed by atoms with van der Waals surface area (Å²) >= 11 is 1.56. The molecule has 2 fully saturated rings. The lowest BCUT2D eigenvalue weighted by molar-refractivity contribution is 0.0579. The van der Waals surface area contributed by atoms with Crippen LogP contribution < -0.4 is 5.73 Å². The molecule has 2 bridgehead atoms. The topological polar surface area (TPSA) is 46.3 Å². The first-order chi connectivity index (χ1) is 8.16. The van der Waals surface area contributed by atoms with Crippen LogP contribution in [0.3, 0.4) is 0 Å². The number of piperidine rings is 1. The van der Waals surface area contributed by atoms with Gasteiger partial charge in [0.25, 0.3) is 5.91 Å².